The Hall–Kier alpha value is -3.19. The number of nitrogens with one attached hydrogen (secondary N) is 2. The molecule has 2 amide bonds. The van der Waals surface area contributed by atoms with Crippen molar-refractivity contribution in [3.05, 3.63) is 69.7 Å². The summed E-state index contributed by atoms with van der Waals surface area (Å²) in [6, 6.07) is 12.3. The van der Waals surface area contributed by atoms with Crippen molar-refractivity contribution in [3.63, 3.8) is 0 Å². The summed E-state index contributed by atoms with van der Waals surface area (Å²) < 4.78 is 5.74. The van der Waals surface area contributed by atoms with Crippen LogP contribution in [0.2, 0.25) is 0 Å². The Kier molecular flexibility index (Phi) is 6.06. The number of carbonyl (C=O) groups excluding carboxylic acids is 2. The van der Waals surface area contributed by atoms with Gasteiger partial charge in [-0.25, -0.2) is 4.98 Å². The number of benzene rings is 2. The minimum Gasteiger partial charge on any atom is -0.487 e. The lowest BCUT2D eigenvalue weighted by Gasteiger charge is -2.11. The molecule has 0 spiro atoms. The maximum absolute atomic E-state index is 12.6. The Morgan fingerprint density at radius 3 is 2.61 bits per heavy atom. The van der Waals surface area contributed by atoms with Crippen LogP contribution in [0.25, 0.3) is 0 Å². The van der Waals surface area contributed by atoms with Gasteiger partial charge in [0.25, 0.3) is 5.91 Å². The van der Waals surface area contributed by atoms with Crippen LogP contribution in [-0.2, 0) is 11.4 Å². The van der Waals surface area contributed by atoms with Gasteiger partial charge < -0.3 is 15.4 Å². The second-order valence-electron chi connectivity index (χ2n) is 6.34. The van der Waals surface area contributed by atoms with Crippen LogP contribution in [0.1, 0.15) is 33.5 Å². The molecule has 0 radical (unpaired) electrons. The fraction of sp³-hybridized carbons (Fsp3) is 0.190. The first-order valence-electron chi connectivity index (χ1n) is 8.74. The van der Waals surface area contributed by atoms with Crippen molar-refractivity contribution in [2.45, 2.75) is 27.4 Å². The fourth-order valence-corrected chi connectivity index (χ4v) is 3.23. The summed E-state index contributed by atoms with van der Waals surface area (Å²) in [5.41, 5.74) is 3.60. The van der Waals surface area contributed by atoms with E-state index in [1.54, 1.807) is 41.7 Å². The van der Waals surface area contributed by atoms with Crippen molar-refractivity contribution >= 4 is 34.5 Å². The summed E-state index contributed by atoms with van der Waals surface area (Å²) in [5, 5.41) is 8.56. The average Bonchev–Trinajstić information content (AvgIpc) is 3.07. The first-order valence-corrected chi connectivity index (χ1v) is 9.62. The van der Waals surface area contributed by atoms with Crippen molar-refractivity contribution in [1.82, 2.24) is 4.98 Å². The number of hydrogen-bond acceptors (Lipinski definition) is 5. The number of aryl methyl sites for hydroxylation is 2. The van der Waals surface area contributed by atoms with Gasteiger partial charge in [-0.3, -0.25) is 9.59 Å². The third kappa shape index (κ3) is 5.17. The summed E-state index contributed by atoms with van der Waals surface area (Å²) in [6.45, 7) is 5.64. The van der Waals surface area contributed by atoms with E-state index < -0.39 is 0 Å². The van der Waals surface area contributed by atoms with Crippen molar-refractivity contribution < 1.29 is 14.3 Å². The molecule has 6 nitrogen and oxygen atoms in total. The highest BCUT2D eigenvalue weighted by molar-refractivity contribution is 7.09. The molecule has 0 aliphatic carbocycles. The number of aromatic nitrogens is 1. The van der Waals surface area contributed by atoms with Gasteiger partial charge >= 0.3 is 0 Å². The van der Waals surface area contributed by atoms with Crippen LogP contribution in [-0.4, -0.2) is 16.8 Å². The van der Waals surface area contributed by atoms with Crippen LogP contribution in [0.5, 0.6) is 5.75 Å². The van der Waals surface area contributed by atoms with Gasteiger partial charge in [-0.1, -0.05) is 6.07 Å². The lowest BCUT2D eigenvalue weighted by atomic mass is 10.1. The zero-order valence-electron chi connectivity index (χ0n) is 15.9. The number of rotatable bonds is 6. The normalized spacial score (nSPS) is 10.4. The lowest BCUT2D eigenvalue weighted by molar-refractivity contribution is -0.114. The molecular formula is C21H21N3O3S. The topological polar surface area (TPSA) is 80.3 Å². The number of carbonyl (C=O) groups is 2. The van der Waals surface area contributed by atoms with Crippen molar-refractivity contribution in [2.75, 3.05) is 10.6 Å². The maximum Gasteiger partial charge on any atom is 0.255 e. The Labute approximate surface area is 167 Å². The summed E-state index contributed by atoms with van der Waals surface area (Å²) >= 11 is 1.58. The predicted molar refractivity (Wildman–Crippen MR) is 111 cm³/mol. The summed E-state index contributed by atoms with van der Waals surface area (Å²) in [5.74, 6) is 0.238. The zero-order chi connectivity index (χ0) is 20.1. The van der Waals surface area contributed by atoms with Crippen LogP contribution in [0.15, 0.2) is 47.8 Å². The van der Waals surface area contributed by atoms with E-state index in [-0.39, 0.29) is 11.8 Å². The summed E-state index contributed by atoms with van der Waals surface area (Å²) in [4.78, 5) is 28.1. The number of anilines is 2. The smallest absolute Gasteiger partial charge is 0.255 e. The number of thiazole rings is 1. The Bertz CT molecular complexity index is 1010. The van der Waals surface area contributed by atoms with E-state index in [4.69, 9.17) is 4.74 Å². The van der Waals surface area contributed by atoms with E-state index in [1.165, 1.54) is 6.92 Å². The third-order valence-electron chi connectivity index (χ3n) is 3.94. The van der Waals surface area contributed by atoms with Gasteiger partial charge in [0, 0.05) is 29.2 Å². The molecule has 3 rings (SSSR count). The zero-order valence-corrected chi connectivity index (χ0v) is 16.7. The average molecular weight is 395 g/mol. The van der Waals surface area contributed by atoms with E-state index in [2.05, 4.69) is 15.6 Å². The predicted octanol–water partition coefficient (Wildman–Crippen LogP) is 4.55. The highest BCUT2D eigenvalue weighted by Gasteiger charge is 2.09. The van der Waals surface area contributed by atoms with Gasteiger partial charge in [-0.15, -0.1) is 11.3 Å². The molecular weight excluding hydrogens is 374 g/mol. The standard InChI is InChI=1S/C21H21N3O3S/c1-13-9-17(7-8-20(13)22-14(2)25)24-21(26)16-5-4-6-19(10-16)27-11-18-12-28-15(3)23-18/h4-10,12H,11H2,1-3H3,(H,22,25)(H,24,26). The molecule has 0 aliphatic rings. The monoisotopic (exact) mass is 395 g/mol. The minimum atomic E-state index is -0.235. The van der Waals surface area contributed by atoms with Crippen LogP contribution >= 0.6 is 11.3 Å². The van der Waals surface area contributed by atoms with E-state index >= 15 is 0 Å². The van der Waals surface area contributed by atoms with Crippen LogP contribution < -0.4 is 15.4 Å². The molecule has 144 valence electrons. The van der Waals surface area contributed by atoms with E-state index in [1.807, 2.05) is 31.4 Å². The van der Waals surface area contributed by atoms with Gasteiger partial charge in [0.2, 0.25) is 5.91 Å². The largest absolute Gasteiger partial charge is 0.487 e. The molecule has 1 heterocycles. The fourth-order valence-electron chi connectivity index (χ4n) is 2.63. The molecule has 2 aromatic carbocycles. The number of nitrogens with zero attached hydrogens (tertiary/aromatic N) is 1. The quantitative estimate of drug-likeness (QED) is 0.642. The van der Waals surface area contributed by atoms with Crippen molar-refractivity contribution in [2.24, 2.45) is 0 Å². The molecule has 0 bridgehead atoms. The maximum atomic E-state index is 12.6. The number of hydrogen-bond donors (Lipinski definition) is 2. The molecule has 0 saturated carbocycles. The van der Waals surface area contributed by atoms with Crippen molar-refractivity contribution in [1.29, 1.82) is 0 Å². The minimum absolute atomic E-state index is 0.135. The SMILES string of the molecule is CC(=O)Nc1ccc(NC(=O)c2cccc(OCc3csc(C)n3)c2)cc1C. The highest BCUT2D eigenvalue weighted by Crippen LogP contribution is 2.21. The molecule has 0 atom stereocenters. The summed E-state index contributed by atoms with van der Waals surface area (Å²) in [6.07, 6.45) is 0. The van der Waals surface area contributed by atoms with Gasteiger partial charge in [0.15, 0.2) is 0 Å². The lowest BCUT2D eigenvalue weighted by Crippen LogP contribution is -2.13. The van der Waals surface area contributed by atoms with Gasteiger partial charge in [0.1, 0.15) is 12.4 Å². The highest BCUT2D eigenvalue weighted by atomic mass is 32.1. The molecule has 0 fully saturated rings. The molecule has 1 aromatic heterocycles. The molecule has 28 heavy (non-hydrogen) atoms. The van der Waals surface area contributed by atoms with Gasteiger partial charge in [0.05, 0.1) is 10.7 Å². The van der Waals surface area contributed by atoms with E-state index in [0.29, 0.717) is 23.6 Å². The molecule has 0 saturated heterocycles. The Morgan fingerprint density at radius 2 is 1.93 bits per heavy atom. The Morgan fingerprint density at radius 1 is 1.11 bits per heavy atom. The number of ether oxygens (including phenoxy) is 1. The first kappa shape index (κ1) is 19.6. The van der Waals surface area contributed by atoms with Crippen LogP contribution in [0.4, 0.5) is 11.4 Å². The van der Waals surface area contributed by atoms with E-state index in [0.717, 1.165) is 22.0 Å². The van der Waals surface area contributed by atoms with Crippen LogP contribution in [0.3, 0.4) is 0 Å². The van der Waals surface area contributed by atoms with Crippen LogP contribution in [0, 0.1) is 13.8 Å². The second-order valence-corrected chi connectivity index (χ2v) is 7.40. The third-order valence-corrected chi connectivity index (χ3v) is 4.77. The molecule has 7 heteroatoms. The molecule has 0 aliphatic heterocycles. The molecule has 0 unspecified atom stereocenters. The first-order chi connectivity index (χ1) is 13.4. The Balaban J connectivity index is 1.65. The van der Waals surface area contributed by atoms with Gasteiger partial charge in [-0.2, -0.15) is 0 Å². The second kappa shape index (κ2) is 8.67. The molecule has 2 N–H and O–H groups in total. The summed E-state index contributed by atoms with van der Waals surface area (Å²) in [7, 11) is 0. The van der Waals surface area contributed by atoms with E-state index in [9.17, 15) is 9.59 Å². The van der Waals surface area contributed by atoms with Crippen molar-refractivity contribution in [3.8, 4) is 5.75 Å². The van der Waals surface area contributed by atoms with Gasteiger partial charge in [-0.05, 0) is 55.8 Å². The number of amides is 2. The molecule has 3 aromatic rings.